The molecule has 0 aliphatic heterocycles. The topological polar surface area (TPSA) is 116 Å². The molecule has 1 heterocycles. The molecular weight excluding hydrogens is 348 g/mol. The first-order valence-corrected chi connectivity index (χ1v) is 8.42. The Balaban J connectivity index is 1.46. The fraction of sp³-hybridized carbons (Fsp3) is 0.211. The van der Waals surface area contributed by atoms with Gasteiger partial charge in [0.2, 0.25) is 11.8 Å². The van der Waals surface area contributed by atoms with Crippen LogP contribution in [-0.4, -0.2) is 34.0 Å². The first-order chi connectivity index (χ1) is 13.0. The highest BCUT2D eigenvalue weighted by molar-refractivity contribution is 5.93. The number of aromatic amines is 1. The number of methoxy groups -OCH3 is 1. The SMILES string of the molecule is COc1ccc2nc(CNC(=O)CCC(=O)Nc3cccc(O)c3)[nH]c2c1. The maximum Gasteiger partial charge on any atom is 0.224 e. The van der Waals surface area contributed by atoms with E-state index in [1.807, 2.05) is 18.2 Å². The number of benzene rings is 2. The van der Waals surface area contributed by atoms with Crippen molar-refractivity contribution in [1.82, 2.24) is 15.3 Å². The van der Waals surface area contributed by atoms with Crippen molar-refractivity contribution < 1.29 is 19.4 Å². The van der Waals surface area contributed by atoms with Gasteiger partial charge in [0, 0.05) is 30.7 Å². The molecule has 0 aliphatic rings. The average molecular weight is 368 g/mol. The normalized spacial score (nSPS) is 10.6. The number of phenols is 1. The summed E-state index contributed by atoms with van der Waals surface area (Å²) in [6, 6.07) is 11.7. The lowest BCUT2D eigenvalue weighted by Crippen LogP contribution is -2.24. The highest BCUT2D eigenvalue weighted by atomic mass is 16.5. The van der Waals surface area contributed by atoms with Crippen LogP contribution in [0.25, 0.3) is 11.0 Å². The first-order valence-electron chi connectivity index (χ1n) is 8.42. The van der Waals surface area contributed by atoms with Crippen molar-refractivity contribution in [3.8, 4) is 11.5 Å². The second-order valence-corrected chi connectivity index (χ2v) is 5.94. The van der Waals surface area contributed by atoms with Crippen molar-refractivity contribution in [2.24, 2.45) is 0 Å². The number of H-pyrrole nitrogens is 1. The number of anilines is 1. The van der Waals surface area contributed by atoms with Gasteiger partial charge in [0.05, 0.1) is 24.7 Å². The number of nitrogens with one attached hydrogen (secondary N) is 3. The number of aromatic nitrogens is 2. The number of amides is 2. The Morgan fingerprint density at radius 2 is 1.96 bits per heavy atom. The summed E-state index contributed by atoms with van der Waals surface area (Å²) in [5, 5.41) is 14.7. The maximum absolute atomic E-state index is 12.0. The highest BCUT2D eigenvalue weighted by Gasteiger charge is 2.09. The number of nitrogens with zero attached hydrogens (tertiary/aromatic N) is 1. The summed E-state index contributed by atoms with van der Waals surface area (Å²) in [5.74, 6) is 0.856. The Morgan fingerprint density at radius 3 is 2.74 bits per heavy atom. The van der Waals surface area contributed by atoms with Gasteiger partial charge in [-0.25, -0.2) is 4.98 Å². The predicted octanol–water partition coefficient (Wildman–Crippen LogP) is 2.31. The van der Waals surface area contributed by atoms with Crippen molar-refractivity contribution in [1.29, 1.82) is 0 Å². The van der Waals surface area contributed by atoms with Gasteiger partial charge in [-0.2, -0.15) is 0 Å². The third kappa shape index (κ3) is 4.97. The van der Waals surface area contributed by atoms with Gasteiger partial charge in [0.15, 0.2) is 0 Å². The van der Waals surface area contributed by atoms with Gasteiger partial charge >= 0.3 is 0 Å². The van der Waals surface area contributed by atoms with Crippen LogP contribution in [0.2, 0.25) is 0 Å². The molecular formula is C19H20N4O4. The molecule has 0 unspecified atom stereocenters. The number of carbonyl (C=O) groups excluding carboxylic acids is 2. The number of rotatable bonds is 7. The second-order valence-electron chi connectivity index (χ2n) is 5.94. The quantitative estimate of drug-likeness (QED) is 0.511. The van der Waals surface area contributed by atoms with Crippen molar-refractivity contribution >= 4 is 28.5 Å². The molecule has 0 bridgehead atoms. The van der Waals surface area contributed by atoms with E-state index in [4.69, 9.17) is 4.74 Å². The maximum atomic E-state index is 12.0. The smallest absolute Gasteiger partial charge is 0.224 e. The Morgan fingerprint density at radius 1 is 1.15 bits per heavy atom. The molecule has 2 aromatic carbocycles. The Labute approximate surface area is 155 Å². The summed E-state index contributed by atoms with van der Waals surface area (Å²) in [5.41, 5.74) is 2.09. The fourth-order valence-corrected chi connectivity index (χ4v) is 2.56. The first kappa shape index (κ1) is 18.2. The third-order valence-electron chi connectivity index (χ3n) is 3.90. The van der Waals surface area contributed by atoms with Crippen molar-refractivity contribution in [3.63, 3.8) is 0 Å². The zero-order valence-electron chi connectivity index (χ0n) is 14.8. The minimum absolute atomic E-state index is 0.0405. The predicted molar refractivity (Wildman–Crippen MR) is 100 cm³/mol. The van der Waals surface area contributed by atoms with Crippen molar-refractivity contribution in [2.75, 3.05) is 12.4 Å². The van der Waals surface area contributed by atoms with Crippen LogP contribution >= 0.6 is 0 Å². The highest BCUT2D eigenvalue weighted by Crippen LogP contribution is 2.18. The molecule has 2 amide bonds. The summed E-state index contributed by atoms with van der Waals surface area (Å²) < 4.78 is 5.16. The van der Waals surface area contributed by atoms with Crippen LogP contribution < -0.4 is 15.4 Å². The monoisotopic (exact) mass is 368 g/mol. The molecule has 3 rings (SSSR count). The molecule has 0 radical (unpaired) electrons. The van der Waals surface area contributed by atoms with Crippen LogP contribution in [0.1, 0.15) is 18.7 Å². The molecule has 1 aromatic heterocycles. The lowest BCUT2D eigenvalue weighted by Gasteiger charge is -2.06. The Hall–Kier alpha value is -3.55. The lowest BCUT2D eigenvalue weighted by molar-refractivity contribution is -0.124. The van der Waals surface area contributed by atoms with Gasteiger partial charge in [-0.15, -0.1) is 0 Å². The summed E-state index contributed by atoms with van der Waals surface area (Å²) in [6.07, 6.45) is 0.0948. The van der Waals surface area contributed by atoms with E-state index in [1.165, 1.54) is 12.1 Å². The number of ether oxygens (including phenoxy) is 1. The standard InChI is InChI=1S/C19H20N4O4/c1-27-14-5-6-15-16(10-14)23-17(22-15)11-20-18(25)7-8-19(26)21-12-3-2-4-13(24)9-12/h2-6,9-10,24H,7-8,11H2,1H3,(H,20,25)(H,21,26)(H,22,23). The summed E-state index contributed by atoms with van der Waals surface area (Å²) in [6.45, 7) is 0.240. The number of imidazole rings is 1. The van der Waals surface area contributed by atoms with Gasteiger partial charge < -0.3 is 25.5 Å². The van der Waals surface area contributed by atoms with E-state index >= 15 is 0 Å². The van der Waals surface area contributed by atoms with Gasteiger partial charge in [-0.05, 0) is 24.3 Å². The number of carbonyl (C=O) groups is 2. The number of fused-ring (bicyclic) bond motifs is 1. The fourth-order valence-electron chi connectivity index (χ4n) is 2.56. The van der Waals surface area contributed by atoms with E-state index in [-0.39, 0.29) is 37.0 Å². The van der Waals surface area contributed by atoms with Gasteiger partial charge in [-0.1, -0.05) is 6.07 Å². The van der Waals surface area contributed by atoms with Gasteiger partial charge in [0.1, 0.15) is 17.3 Å². The average Bonchev–Trinajstić information content (AvgIpc) is 3.06. The van der Waals surface area contributed by atoms with E-state index in [1.54, 1.807) is 19.2 Å². The second kappa shape index (κ2) is 8.22. The molecule has 8 heteroatoms. The van der Waals surface area contributed by atoms with Crippen LogP contribution in [0.3, 0.4) is 0 Å². The molecule has 0 saturated carbocycles. The summed E-state index contributed by atoms with van der Waals surface area (Å²) in [4.78, 5) is 31.3. The zero-order chi connectivity index (χ0) is 19.2. The van der Waals surface area contributed by atoms with E-state index in [0.29, 0.717) is 11.5 Å². The molecule has 0 aliphatic carbocycles. The van der Waals surface area contributed by atoms with Crippen LogP contribution in [0.4, 0.5) is 5.69 Å². The number of hydrogen-bond acceptors (Lipinski definition) is 5. The summed E-state index contributed by atoms with van der Waals surface area (Å²) >= 11 is 0. The van der Waals surface area contributed by atoms with Crippen LogP contribution in [0.5, 0.6) is 11.5 Å². The molecule has 140 valence electrons. The molecule has 0 fully saturated rings. The molecule has 3 aromatic rings. The lowest BCUT2D eigenvalue weighted by atomic mass is 10.2. The largest absolute Gasteiger partial charge is 0.508 e. The zero-order valence-corrected chi connectivity index (χ0v) is 14.8. The van der Waals surface area contributed by atoms with Crippen molar-refractivity contribution in [2.45, 2.75) is 19.4 Å². The third-order valence-corrected chi connectivity index (χ3v) is 3.90. The van der Waals surface area contributed by atoms with Crippen molar-refractivity contribution in [3.05, 3.63) is 48.3 Å². The number of hydrogen-bond donors (Lipinski definition) is 4. The van der Waals surface area contributed by atoms with E-state index in [2.05, 4.69) is 20.6 Å². The molecule has 0 saturated heterocycles. The summed E-state index contributed by atoms with van der Waals surface area (Å²) in [7, 11) is 1.59. The van der Waals surface area contributed by atoms with Crippen LogP contribution in [-0.2, 0) is 16.1 Å². The Bertz CT molecular complexity index is 967. The number of phenolic OH excluding ortho intramolecular Hbond substituents is 1. The van der Waals surface area contributed by atoms with Gasteiger partial charge in [-0.3, -0.25) is 9.59 Å². The number of aromatic hydroxyl groups is 1. The molecule has 4 N–H and O–H groups in total. The minimum Gasteiger partial charge on any atom is -0.508 e. The Kier molecular flexibility index (Phi) is 5.55. The molecule has 27 heavy (non-hydrogen) atoms. The van der Waals surface area contributed by atoms with Crippen LogP contribution in [0, 0.1) is 0 Å². The van der Waals surface area contributed by atoms with E-state index in [0.717, 1.165) is 16.8 Å². The minimum atomic E-state index is -0.299. The van der Waals surface area contributed by atoms with E-state index in [9.17, 15) is 14.7 Å². The molecule has 8 nitrogen and oxygen atoms in total. The molecule has 0 spiro atoms. The molecule has 0 atom stereocenters. The van der Waals surface area contributed by atoms with E-state index < -0.39 is 0 Å². The van der Waals surface area contributed by atoms with Crippen LogP contribution in [0.15, 0.2) is 42.5 Å². The van der Waals surface area contributed by atoms with Gasteiger partial charge in [0.25, 0.3) is 0 Å².